The SMILES string of the molecule is Cc1cc(C)c(NCC(=O)Nc2ccccc2Cl)c(Cl)c1. The highest BCUT2D eigenvalue weighted by Gasteiger charge is 2.09. The van der Waals surface area contributed by atoms with E-state index in [1.165, 1.54) is 0 Å². The number of nitrogens with one attached hydrogen (secondary N) is 2. The molecule has 0 bridgehead atoms. The van der Waals surface area contributed by atoms with Gasteiger partial charge in [0.05, 0.1) is 28.0 Å². The van der Waals surface area contributed by atoms with Gasteiger partial charge in [-0.25, -0.2) is 0 Å². The van der Waals surface area contributed by atoms with Crippen LogP contribution in [0, 0.1) is 13.8 Å². The monoisotopic (exact) mass is 322 g/mol. The first-order valence-electron chi connectivity index (χ1n) is 6.52. The standard InChI is InChI=1S/C16H16Cl2N2O/c1-10-7-11(2)16(13(18)8-10)19-9-15(21)20-14-6-4-3-5-12(14)17/h3-8,19H,9H2,1-2H3,(H,20,21). The smallest absolute Gasteiger partial charge is 0.243 e. The van der Waals surface area contributed by atoms with Gasteiger partial charge in [0.25, 0.3) is 0 Å². The van der Waals surface area contributed by atoms with Gasteiger partial charge in [-0.05, 0) is 43.2 Å². The van der Waals surface area contributed by atoms with Gasteiger partial charge in [0.2, 0.25) is 5.91 Å². The Morgan fingerprint density at radius 1 is 1.10 bits per heavy atom. The van der Waals surface area contributed by atoms with E-state index < -0.39 is 0 Å². The number of halogens is 2. The quantitative estimate of drug-likeness (QED) is 0.859. The Kier molecular flexibility index (Phi) is 5.10. The lowest BCUT2D eigenvalue weighted by atomic mass is 10.1. The number of para-hydroxylation sites is 1. The summed E-state index contributed by atoms with van der Waals surface area (Å²) in [6.07, 6.45) is 0. The number of anilines is 2. The summed E-state index contributed by atoms with van der Waals surface area (Å²) in [5, 5.41) is 6.93. The minimum atomic E-state index is -0.181. The molecule has 0 radical (unpaired) electrons. The molecule has 3 nitrogen and oxygen atoms in total. The topological polar surface area (TPSA) is 41.1 Å². The second-order valence-electron chi connectivity index (χ2n) is 4.82. The normalized spacial score (nSPS) is 10.3. The second kappa shape index (κ2) is 6.83. The molecule has 0 atom stereocenters. The molecule has 0 saturated carbocycles. The number of benzene rings is 2. The molecule has 0 aliphatic rings. The highest BCUT2D eigenvalue weighted by Crippen LogP contribution is 2.27. The van der Waals surface area contributed by atoms with Gasteiger partial charge in [-0.1, -0.05) is 41.4 Å². The van der Waals surface area contributed by atoms with E-state index in [2.05, 4.69) is 10.6 Å². The molecule has 110 valence electrons. The van der Waals surface area contributed by atoms with Crippen molar-refractivity contribution in [3.63, 3.8) is 0 Å². The van der Waals surface area contributed by atoms with Crippen molar-refractivity contribution in [1.29, 1.82) is 0 Å². The van der Waals surface area contributed by atoms with Gasteiger partial charge in [-0.15, -0.1) is 0 Å². The van der Waals surface area contributed by atoms with Crippen LogP contribution in [0.1, 0.15) is 11.1 Å². The lowest BCUT2D eigenvalue weighted by molar-refractivity contribution is -0.114. The average Bonchev–Trinajstić information content (AvgIpc) is 2.40. The van der Waals surface area contributed by atoms with Gasteiger partial charge < -0.3 is 10.6 Å². The first-order valence-corrected chi connectivity index (χ1v) is 7.28. The van der Waals surface area contributed by atoms with Crippen LogP contribution >= 0.6 is 23.2 Å². The lowest BCUT2D eigenvalue weighted by Gasteiger charge is -2.13. The third-order valence-electron chi connectivity index (χ3n) is 3.01. The Labute approximate surface area is 134 Å². The van der Waals surface area contributed by atoms with Crippen molar-refractivity contribution in [2.45, 2.75) is 13.8 Å². The number of hydrogen-bond donors (Lipinski definition) is 2. The summed E-state index contributed by atoms with van der Waals surface area (Å²) in [4.78, 5) is 12.0. The number of aryl methyl sites for hydroxylation is 2. The van der Waals surface area contributed by atoms with Crippen LogP contribution in [0.3, 0.4) is 0 Å². The van der Waals surface area contributed by atoms with E-state index in [-0.39, 0.29) is 12.5 Å². The van der Waals surface area contributed by atoms with Crippen molar-refractivity contribution >= 4 is 40.5 Å². The molecule has 2 rings (SSSR count). The molecule has 0 aliphatic carbocycles. The van der Waals surface area contributed by atoms with Crippen LogP contribution in [0.25, 0.3) is 0 Å². The van der Waals surface area contributed by atoms with Crippen molar-refractivity contribution in [1.82, 2.24) is 0 Å². The summed E-state index contributed by atoms with van der Waals surface area (Å²) < 4.78 is 0. The Morgan fingerprint density at radius 2 is 1.81 bits per heavy atom. The number of hydrogen-bond acceptors (Lipinski definition) is 2. The molecule has 21 heavy (non-hydrogen) atoms. The highest BCUT2D eigenvalue weighted by molar-refractivity contribution is 6.34. The second-order valence-corrected chi connectivity index (χ2v) is 5.63. The maximum Gasteiger partial charge on any atom is 0.243 e. The zero-order valence-corrected chi connectivity index (χ0v) is 13.3. The molecule has 0 fully saturated rings. The van der Waals surface area contributed by atoms with Gasteiger partial charge in [-0.2, -0.15) is 0 Å². The van der Waals surface area contributed by atoms with Crippen LogP contribution in [0.15, 0.2) is 36.4 Å². The van der Waals surface area contributed by atoms with Crippen LogP contribution in [0.4, 0.5) is 11.4 Å². The molecule has 0 aromatic heterocycles. The summed E-state index contributed by atoms with van der Waals surface area (Å²) in [6.45, 7) is 4.05. The molecule has 2 aromatic carbocycles. The maximum absolute atomic E-state index is 12.0. The molecule has 0 unspecified atom stereocenters. The van der Waals surface area contributed by atoms with Crippen LogP contribution in [0.2, 0.25) is 10.0 Å². The zero-order valence-electron chi connectivity index (χ0n) is 11.8. The Hall–Kier alpha value is -1.71. The third-order valence-corrected chi connectivity index (χ3v) is 3.63. The molecule has 1 amide bonds. The lowest BCUT2D eigenvalue weighted by Crippen LogP contribution is -2.22. The first kappa shape index (κ1) is 15.7. The van der Waals surface area contributed by atoms with E-state index >= 15 is 0 Å². The minimum absolute atomic E-state index is 0.120. The molecule has 2 N–H and O–H groups in total. The van der Waals surface area contributed by atoms with Gasteiger partial charge in [0.15, 0.2) is 0 Å². The fourth-order valence-corrected chi connectivity index (χ4v) is 2.64. The molecular formula is C16H16Cl2N2O. The molecular weight excluding hydrogens is 307 g/mol. The van der Waals surface area contributed by atoms with Gasteiger partial charge >= 0.3 is 0 Å². The summed E-state index contributed by atoms with van der Waals surface area (Å²) in [7, 11) is 0. The number of carbonyl (C=O) groups is 1. The Bertz CT molecular complexity index is 648. The average molecular weight is 323 g/mol. The number of rotatable bonds is 4. The zero-order chi connectivity index (χ0) is 15.4. The van der Waals surface area contributed by atoms with Crippen molar-refractivity contribution in [3.8, 4) is 0 Å². The molecule has 0 spiro atoms. The summed E-state index contributed by atoms with van der Waals surface area (Å²) in [5.74, 6) is -0.181. The van der Waals surface area contributed by atoms with E-state index in [1.54, 1.807) is 12.1 Å². The van der Waals surface area contributed by atoms with E-state index in [0.29, 0.717) is 15.7 Å². The van der Waals surface area contributed by atoms with Crippen LogP contribution in [-0.2, 0) is 4.79 Å². The molecule has 5 heteroatoms. The maximum atomic E-state index is 12.0. The van der Waals surface area contributed by atoms with E-state index in [9.17, 15) is 4.79 Å². The van der Waals surface area contributed by atoms with Gasteiger partial charge in [-0.3, -0.25) is 4.79 Å². The largest absolute Gasteiger partial charge is 0.375 e. The fourth-order valence-electron chi connectivity index (χ4n) is 2.07. The summed E-state index contributed by atoms with van der Waals surface area (Å²) >= 11 is 12.2. The number of carbonyl (C=O) groups excluding carboxylic acids is 1. The Balaban J connectivity index is 2.01. The predicted octanol–water partition coefficient (Wildman–Crippen LogP) is 4.66. The fraction of sp³-hybridized carbons (Fsp3) is 0.188. The van der Waals surface area contributed by atoms with Gasteiger partial charge in [0, 0.05) is 0 Å². The van der Waals surface area contributed by atoms with Crippen LogP contribution < -0.4 is 10.6 Å². The number of amides is 1. The van der Waals surface area contributed by atoms with Crippen molar-refractivity contribution < 1.29 is 4.79 Å². The summed E-state index contributed by atoms with van der Waals surface area (Å²) in [6, 6.07) is 11.0. The molecule has 2 aromatic rings. The predicted molar refractivity (Wildman–Crippen MR) is 89.5 cm³/mol. The first-order chi connectivity index (χ1) is 9.97. The van der Waals surface area contributed by atoms with Crippen LogP contribution in [-0.4, -0.2) is 12.5 Å². The van der Waals surface area contributed by atoms with Crippen LogP contribution in [0.5, 0.6) is 0 Å². The molecule has 0 saturated heterocycles. The van der Waals surface area contributed by atoms with Crippen molar-refractivity contribution in [2.75, 3.05) is 17.2 Å². The van der Waals surface area contributed by atoms with E-state index in [0.717, 1.165) is 16.8 Å². The Morgan fingerprint density at radius 3 is 2.48 bits per heavy atom. The highest BCUT2D eigenvalue weighted by atomic mass is 35.5. The van der Waals surface area contributed by atoms with E-state index in [1.807, 2.05) is 38.1 Å². The molecule has 0 aliphatic heterocycles. The van der Waals surface area contributed by atoms with Crippen molar-refractivity contribution in [2.24, 2.45) is 0 Å². The minimum Gasteiger partial charge on any atom is -0.375 e. The van der Waals surface area contributed by atoms with Gasteiger partial charge in [0.1, 0.15) is 0 Å². The molecule has 0 heterocycles. The van der Waals surface area contributed by atoms with E-state index in [4.69, 9.17) is 23.2 Å². The third kappa shape index (κ3) is 4.13. The summed E-state index contributed by atoms with van der Waals surface area (Å²) in [5.41, 5.74) is 3.46. The van der Waals surface area contributed by atoms with Crippen molar-refractivity contribution in [3.05, 3.63) is 57.6 Å².